The van der Waals surface area contributed by atoms with E-state index in [4.69, 9.17) is 0 Å². The number of hydrazine groups is 2. The topological polar surface area (TPSA) is 138 Å². The van der Waals surface area contributed by atoms with E-state index in [0.29, 0.717) is 40.1 Å². The second kappa shape index (κ2) is 11.8. The Morgan fingerprint density at radius 1 is 1.04 bits per heavy atom. The molecular weight excluding hydrogens is 605 g/mol. The third-order valence-electron chi connectivity index (χ3n) is 8.51. The molecule has 4 aromatic rings. The van der Waals surface area contributed by atoms with Gasteiger partial charge < -0.3 is 16.1 Å². The highest BCUT2D eigenvalue weighted by molar-refractivity contribution is 5.99. The molecule has 3 heterocycles. The molecule has 1 fully saturated rings. The van der Waals surface area contributed by atoms with E-state index in [-0.39, 0.29) is 23.8 Å². The maximum absolute atomic E-state index is 14.1. The van der Waals surface area contributed by atoms with Crippen molar-refractivity contribution in [3.63, 3.8) is 0 Å². The lowest BCUT2D eigenvalue weighted by Crippen LogP contribution is -2.52. The van der Waals surface area contributed by atoms with Gasteiger partial charge in [0.2, 0.25) is 0 Å². The molecule has 1 aliphatic heterocycles. The zero-order valence-electron chi connectivity index (χ0n) is 26.3. The summed E-state index contributed by atoms with van der Waals surface area (Å²) in [7, 11) is 0. The van der Waals surface area contributed by atoms with Gasteiger partial charge in [0.25, 0.3) is 0 Å². The van der Waals surface area contributed by atoms with Gasteiger partial charge in [-0.15, -0.1) is 5.53 Å². The Labute approximate surface area is 270 Å². The van der Waals surface area contributed by atoms with Crippen LogP contribution in [0.25, 0.3) is 22.0 Å². The second-order valence-electron chi connectivity index (χ2n) is 13.1. The first-order valence-electron chi connectivity index (χ1n) is 15.1. The summed E-state index contributed by atoms with van der Waals surface area (Å²) < 4.78 is 42.3. The summed E-state index contributed by atoms with van der Waals surface area (Å²) in [4.78, 5) is 4.44. The molecule has 0 radical (unpaired) electrons. The summed E-state index contributed by atoms with van der Waals surface area (Å²) >= 11 is 0. The Morgan fingerprint density at radius 2 is 1.81 bits per heavy atom. The lowest BCUT2D eigenvalue weighted by atomic mass is 9.92. The standard InChI is InChI=1S/C34H33F3N10/c1-20-25(21-8-11-42-43-17-21)6-5-7-26(20)31(28-18-47(46-45-28)33(9-10-33)34(35,36)37)44-24-12-22(14-38)29-27(13-24)30(23(15-39)16-40-29)41-19-32(2,3)4/h5-8,11-13,16-18,31,44-46H,9-10,19H2,1-4H3,(H,40,41)/t31-/m0/s1. The van der Waals surface area contributed by atoms with Crippen LogP contribution in [0.5, 0.6) is 0 Å². The third kappa shape index (κ3) is 5.98. The maximum Gasteiger partial charge on any atom is 0.413 e. The average molecular weight is 639 g/mol. The monoisotopic (exact) mass is 638 g/mol. The number of rotatable bonds is 8. The Balaban J connectivity index is 1.49. The third-order valence-corrected chi connectivity index (χ3v) is 8.51. The Morgan fingerprint density at radius 3 is 2.45 bits per heavy atom. The summed E-state index contributed by atoms with van der Waals surface area (Å²) in [5.74, 6) is 0. The molecule has 0 unspecified atom stereocenters. The molecule has 0 amide bonds. The fraction of sp³-hybridized carbons (Fsp3) is 0.324. The molecule has 2 aromatic heterocycles. The van der Waals surface area contributed by atoms with E-state index in [9.17, 15) is 23.7 Å². The number of fused-ring (bicyclic) bond motifs is 1. The summed E-state index contributed by atoms with van der Waals surface area (Å²) in [6, 6.07) is 14.8. The number of halogens is 3. The molecule has 240 valence electrons. The van der Waals surface area contributed by atoms with Crippen LogP contribution in [0.15, 0.2) is 66.9 Å². The normalized spacial score (nSPS) is 16.1. The lowest BCUT2D eigenvalue weighted by molar-refractivity contribution is -0.195. The average Bonchev–Trinajstić information content (AvgIpc) is 3.73. The fourth-order valence-corrected chi connectivity index (χ4v) is 5.80. The first-order chi connectivity index (χ1) is 22.3. The van der Waals surface area contributed by atoms with Crippen molar-refractivity contribution < 1.29 is 13.2 Å². The predicted molar refractivity (Wildman–Crippen MR) is 172 cm³/mol. The van der Waals surface area contributed by atoms with Gasteiger partial charge in [-0.25, -0.2) is 0 Å². The number of nitrogens with zero attached hydrogens (tertiary/aromatic N) is 6. The number of pyridine rings is 1. The molecule has 0 spiro atoms. The minimum Gasteiger partial charge on any atom is -0.383 e. The van der Waals surface area contributed by atoms with Crippen molar-refractivity contribution in [2.45, 2.75) is 58.3 Å². The molecule has 0 bridgehead atoms. The number of anilines is 2. The Bertz CT molecular complexity index is 1950. The zero-order valence-corrected chi connectivity index (χ0v) is 26.3. The van der Waals surface area contributed by atoms with Gasteiger partial charge in [0.05, 0.1) is 46.5 Å². The van der Waals surface area contributed by atoms with E-state index < -0.39 is 17.8 Å². The van der Waals surface area contributed by atoms with Crippen LogP contribution in [0.3, 0.4) is 0 Å². The number of alkyl halides is 3. The fourth-order valence-electron chi connectivity index (χ4n) is 5.80. The number of nitriles is 2. The summed E-state index contributed by atoms with van der Waals surface area (Å²) in [6.45, 7) is 8.69. The highest BCUT2D eigenvalue weighted by atomic mass is 19.4. The highest BCUT2D eigenvalue weighted by Gasteiger charge is 2.67. The van der Waals surface area contributed by atoms with Gasteiger partial charge in [-0.2, -0.15) is 33.9 Å². The van der Waals surface area contributed by atoms with Crippen molar-refractivity contribution in [2.75, 3.05) is 17.2 Å². The SMILES string of the molecule is Cc1c(-c2ccnnc2)cccc1[C@H](Nc1cc(C#N)c2ncc(C#N)c(NCC(C)(C)C)c2c1)C1=CN(C2(C(F)(F)F)CC2)NN1. The highest BCUT2D eigenvalue weighted by Crippen LogP contribution is 2.54. The van der Waals surface area contributed by atoms with Gasteiger partial charge in [0, 0.05) is 35.6 Å². The molecular formula is C34H33F3N10. The molecule has 6 rings (SSSR count). The lowest BCUT2D eigenvalue weighted by Gasteiger charge is -2.28. The van der Waals surface area contributed by atoms with Crippen LogP contribution in [0, 0.1) is 35.0 Å². The van der Waals surface area contributed by atoms with E-state index in [1.54, 1.807) is 18.5 Å². The van der Waals surface area contributed by atoms with Gasteiger partial charge >= 0.3 is 6.18 Å². The molecule has 2 aromatic carbocycles. The van der Waals surface area contributed by atoms with E-state index in [2.05, 4.69) is 69.7 Å². The molecule has 4 N–H and O–H groups in total. The minimum absolute atomic E-state index is 0.0224. The molecule has 13 heteroatoms. The molecule has 0 saturated heterocycles. The van der Waals surface area contributed by atoms with Gasteiger partial charge in [-0.05, 0) is 60.1 Å². The first-order valence-corrected chi connectivity index (χ1v) is 15.1. The number of benzene rings is 2. The Hall–Kier alpha value is -5.40. The van der Waals surface area contributed by atoms with Gasteiger partial charge in [-0.3, -0.25) is 9.99 Å². The largest absolute Gasteiger partial charge is 0.413 e. The van der Waals surface area contributed by atoms with Gasteiger partial charge in [0.1, 0.15) is 12.1 Å². The van der Waals surface area contributed by atoms with E-state index in [0.717, 1.165) is 27.3 Å². The Kier molecular flexibility index (Phi) is 7.90. The predicted octanol–water partition coefficient (Wildman–Crippen LogP) is 6.62. The van der Waals surface area contributed by atoms with Crippen molar-refractivity contribution in [3.8, 4) is 23.3 Å². The number of nitrogens with one attached hydrogen (secondary N) is 4. The molecule has 2 aliphatic rings. The van der Waals surface area contributed by atoms with Crippen LogP contribution >= 0.6 is 0 Å². The van der Waals surface area contributed by atoms with Crippen LogP contribution in [-0.4, -0.2) is 38.5 Å². The molecule has 47 heavy (non-hydrogen) atoms. The van der Waals surface area contributed by atoms with Crippen LogP contribution in [0.2, 0.25) is 0 Å². The maximum atomic E-state index is 14.1. The minimum atomic E-state index is -4.43. The zero-order chi connectivity index (χ0) is 33.6. The van der Waals surface area contributed by atoms with Crippen molar-refractivity contribution in [1.29, 1.82) is 10.5 Å². The molecule has 1 aliphatic carbocycles. The molecule has 1 atom stereocenters. The van der Waals surface area contributed by atoms with E-state index in [1.807, 2.05) is 37.3 Å². The summed E-state index contributed by atoms with van der Waals surface area (Å²) in [5.41, 5.74) is 9.55. The number of aromatic nitrogens is 3. The van der Waals surface area contributed by atoms with Crippen LogP contribution in [0.4, 0.5) is 24.5 Å². The van der Waals surface area contributed by atoms with Crippen LogP contribution in [-0.2, 0) is 0 Å². The second-order valence-corrected chi connectivity index (χ2v) is 13.1. The van der Waals surface area contributed by atoms with Crippen LogP contribution in [0.1, 0.15) is 61.9 Å². The summed E-state index contributed by atoms with van der Waals surface area (Å²) in [5, 5.41) is 36.5. The van der Waals surface area contributed by atoms with Crippen LogP contribution < -0.4 is 21.6 Å². The van der Waals surface area contributed by atoms with Gasteiger partial charge in [-0.1, -0.05) is 39.0 Å². The molecule has 1 saturated carbocycles. The quantitative estimate of drug-likeness (QED) is 0.167. The summed E-state index contributed by atoms with van der Waals surface area (Å²) in [6.07, 6.45) is 1.68. The van der Waals surface area contributed by atoms with Crippen molar-refractivity contribution >= 4 is 22.3 Å². The van der Waals surface area contributed by atoms with E-state index in [1.165, 1.54) is 12.4 Å². The first kappa shape index (κ1) is 31.6. The van der Waals surface area contributed by atoms with E-state index >= 15 is 0 Å². The van der Waals surface area contributed by atoms with Gasteiger partial charge in [0.15, 0.2) is 5.54 Å². The van der Waals surface area contributed by atoms with Crippen molar-refractivity contribution in [1.82, 2.24) is 31.2 Å². The number of hydrogen-bond acceptors (Lipinski definition) is 10. The van der Waals surface area contributed by atoms with Crippen molar-refractivity contribution in [3.05, 3.63) is 89.1 Å². The smallest absolute Gasteiger partial charge is 0.383 e. The van der Waals surface area contributed by atoms with Crippen molar-refractivity contribution in [2.24, 2.45) is 5.41 Å². The molecule has 10 nitrogen and oxygen atoms in total. The number of hydrogen-bond donors (Lipinski definition) is 4.